The molecule has 1 atom stereocenters. The van der Waals surface area contributed by atoms with E-state index in [1.807, 2.05) is 30.3 Å². The molecule has 6 nitrogen and oxygen atoms in total. The highest BCUT2D eigenvalue weighted by Crippen LogP contribution is 2.29. The van der Waals surface area contributed by atoms with Crippen LogP contribution in [0, 0.1) is 0 Å². The molecular weight excluding hydrogens is 415 g/mol. The molecule has 0 saturated carbocycles. The minimum absolute atomic E-state index is 0.0574. The zero-order chi connectivity index (χ0) is 21.4. The van der Waals surface area contributed by atoms with E-state index in [-0.39, 0.29) is 11.6 Å². The Bertz CT molecular complexity index is 838. The Kier molecular flexibility index (Phi) is 8.32. The van der Waals surface area contributed by atoms with E-state index in [0.29, 0.717) is 17.3 Å². The molecule has 8 heteroatoms. The number of amides is 2. The van der Waals surface area contributed by atoms with Crippen molar-refractivity contribution >= 4 is 40.9 Å². The summed E-state index contributed by atoms with van der Waals surface area (Å²) in [5.74, 6) is -0.506. The Hall–Kier alpha value is -2.28. The standard InChI is InChI=1S/C21H24Cl2N2O4/c1-21(2,3)29-20(27)25-17(13-28-12-14-8-5-4-6-9-14)19(26)24-16-11-7-10-15(22)18(16)23/h4-11,17H,12-13H2,1-3H3,(H,24,26)(H,25,27)/t17-/m0/s1. The number of benzene rings is 2. The fraction of sp³-hybridized carbons (Fsp3) is 0.333. The molecule has 2 aromatic rings. The summed E-state index contributed by atoms with van der Waals surface area (Å²) in [4.78, 5) is 24.9. The van der Waals surface area contributed by atoms with Gasteiger partial charge in [-0.05, 0) is 38.5 Å². The second-order valence-corrected chi connectivity index (χ2v) is 8.08. The van der Waals surface area contributed by atoms with Gasteiger partial charge >= 0.3 is 6.09 Å². The Balaban J connectivity index is 2.06. The molecule has 2 aromatic carbocycles. The number of alkyl carbamates (subject to hydrolysis) is 1. The zero-order valence-corrected chi connectivity index (χ0v) is 18.0. The minimum Gasteiger partial charge on any atom is -0.444 e. The maximum Gasteiger partial charge on any atom is 0.408 e. The third-order valence-corrected chi connectivity index (χ3v) is 4.43. The van der Waals surface area contributed by atoms with E-state index in [0.717, 1.165) is 5.56 Å². The number of carbonyl (C=O) groups excluding carboxylic acids is 2. The topological polar surface area (TPSA) is 76.7 Å². The average Bonchev–Trinajstić information content (AvgIpc) is 2.64. The minimum atomic E-state index is -0.997. The summed E-state index contributed by atoms with van der Waals surface area (Å²) >= 11 is 12.1. The van der Waals surface area contributed by atoms with Gasteiger partial charge in [0.2, 0.25) is 5.91 Å². The van der Waals surface area contributed by atoms with Crippen molar-refractivity contribution in [2.75, 3.05) is 11.9 Å². The van der Waals surface area contributed by atoms with E-state index in [4.69, 9.17) is 32.7 Å². The molecule has 0 radical (unpaired) electrons. The van der Waals surface area contributed by atoms with Gasteiger partial charge in [0.05, 0.1) is 28.9 Å². The Morgan fingerprint density at radius 1 is 1.03 bits per heavy atom. The van der Waals surface area contributed by atoms with E-state index in [1.54, 1.807) is 39.0 Å². The van der Waals surface area contributed by atoms with Crippen molar-refractivity contribution in [2.45, 2.75) is 39.0 Å². The highest BCUT2D eigenvalue weighted by molar-refractivity contribution is 6.44. The molecule has 2 N–H and O–H groups in total. The summed E-state index contributed by atoms with van der Waals surface area (Å²) in [7, 11) is 0. The van der Waals surface area contributed by atoms with Gasteiger partial charge in [-0.25, -0.2) is 4.79 Å². The van der Waals surface area contributed by atoms with Gasteiger partial charge in [0.25, 0.3) is 0 Å². The van der Waals surface area contributed by atoms with Gasteiger partial charge in [0, 0.05) is 0 Å². The predicted octanol–water partition coefficient (Wildman–Crippen LogP) is 5.04. The van der Waals surface area contributed by atoms with E-state index >= 15 is 0 Å². The number of anilines is 1. The molecule has 0 bridgehead atoms. The molecule has 0 heterocycles. The number of ether oxygens (including phenoxy) is 2. The molecular formula is C21H24Cl2N2O4. The first-order valence-electron chi connectivity index (χ1n) is 9.02. The quantitative estimate of drug-likeness (QED) is 0.634. The monoisotopic (exact) mass is 438 g/mol. The van der Waals surface area contributed by atoms with Crippen LogP contribution in [0.4, 0.5) is 10.5 Å². The van der Waals surface area contributed by atoms with Crippen molar-refractivity contribution in [3.8, 4) is 0 Å². The van der Waals surface area contributed by atoms with E-state index in [1.165, 1.54) is 0 Å². The summed E-state index contributed by atoms with van der Waals surface area (Å²) in [5, 5.41) is 5.72. The van der Waals surface area contributed by atoms with Crippen LogP contribution in [0.25, 0.3) is 0 Å². The summed E-state index contributed by atoms with van der Waals surface area (Å²) in [6.45, 7) is 5.44. The third kappa shape index (κ3) is 7.93. The number of hydrogen-bond donors (Lipinski definition) is 2. The molecule has 0 aliphatic carbocycles. The molecule has 0 unspecified atom stereocenters. The van der Waals surface area contributed by atoms with Gasteiger partial charge in [-0.2, -0.15) is 0 Å². The SMILES string of the molecule is CC(C)(C)OC(=O)N[C@@H](COCc1ccccc1)C(=O)Nc1cccc(Cl)c1Cl. The van der Waals surface area contributed by atoms with E-state index < -0.39 is 23.6 Å². The predicted molar refractivity (Wildman–Crippen MR) is 114 cm³/mol. The lowest BCUT2D eigenvalue weighted by Gasteiger charge is -2.23. The van der Waals surface area contributed by atoms with Crippen molar-refractivity contribution in [3.63, 3.8) is 0 Å². The van der Waals surface area contributed by atoms with E-state index in [9.17, 15) is 9.59 Å². The third-order valence-electron chi connectivity index (χ3n) is 3.61. The lowest BCUT2D eigenvalue weighted by Crippen LogP contribution is -2.48. The molecule has 2 rings (SSSR count). The maximum atomic E-state index is 12.8. The van der Waals surface area contributed by atoms with Crippen LogP contribution in [0.5, 0.6) is 0 Å². The molecule has 2 amide bonds. The first kappa shape index (κ1) is 23.0. The second kappa shape index (κ2) is 10.5. The second-order valence-electron chi connectivity index (χ2n) is 7.29. The van der Waals surface area contributed by atoms with Crippen molar-refractivity contribution in [2.24, 2.45) is 0 Å². The summed E-state index contributed by atoms with van der Waals surface area (Å²) in [5.41, 5.74) is 0.580. The van der Waals surface area contributed by atoms with Gasteiger partial charge in [0.15, 0.2) is 0 Å². The lowest BCUT2D eigenvalue weighted by atomic mass is 10.2. The van der Waals surface area contributed by atoms with Gasteiger partial charge in [-0.3, -0.25) is 4.79 Å². The molecule has 29 heavy (non-hydrogen) atoms. The van der Waals surface area contributed by atoms with Crippen LogP contribution in [0.3, 0.4) is 0 Å². The smallest absolute Gasteiger partial charge is 0.408 e. The molecule has 156 valence electrons. The number of halogens is 2. The Morgan fingerprint density at radius 3 is 2.38 bits per heavy atom. The average molecular weight is 439 g/mol. The number of carbonyl (C=O) groups is 2. The molecule has 0 fully saturated rings. The van der Waals surface area contributed by atoms with Crippen LogP contribution in [0.15, 0.2) is 48.5 Å². The normalized spacial score (nSPS) is 12.2. The molecule has 0 spiro atoms. The first-order chi connectivity index (χ1) is 13.7. The molecule has 0 aliphatic rings. The van der Waals surface area contributed by atoms with Crippen LogP contribution in [-0.4, -0.2) is 30.3 Å². The largest absolute Gasteiger partial charge is 0.444 e. The van der Waals surface area contributed by atoms with Crippen LogP contribution < -0.4 is 10.6 Å². The van der Waals surface area contributed by atoms with Crippen LogP contribution in [-0.2, 0) is 20.9 Å². The van der Waals surface area contributed by atoms with Gasteiger partial charge in [0.1, 0.15) is 11.6 Å². The van der Waals surface area contributed by atoms with Gasteiger partial charge in [-0.15, -0.1) is 0 Å². The fourth-order valence-corrected chi connectivity index (χ4v) is 2.67. The number of rotatable bonds is 7. The molecule has 0 aliphatic heterocycles. The summed E-state index contributed by atoms with van der Waals surface area (Å²) < 4.78 is 10.9. The van der Waals surface area contributed by atoms with E-state index in [2.05, 4.69) is 10.6 Å². The lowest BCUT2D eigenvalue weighted by molar-refractivity contribution is -0.119. The number of hydrogen-bond acceptors (Lipinski definition) is 4. The van der Waals surface area contributed by atoms with Gasteiger partial charge in [-0.1, -0.05) is 59.6 Å². The van der Waals surface area contributed by atoms with Crippen molar-refractivity contribution < 1.29 is 19.1 Å². The Morgan fingerprint density at radius 2 is 1.72 bits per heavy atom. The highest BCUT2D eigenvalue weighted by atomic mass is 35.5. The highest BCUT2D eigenvalue weighted by Gasteiger charge is 2.25. The summed E-state index contributed by atoms with van der Waals surface area (Å²) in [6, 6.07) is 13.4. The van der Waals surface area contributed by atoms with Gasteiger partial charge < -0.3 is 20.1 Å². The van der Waals surface area contributed by atoms with Crippen molar-refractivity contribution in [1.29, 1.82) is 0 Å². The van der Waals surface area contributed by atoms with Crippen LogP contribution in [0.2, 0.25) is 10.0 Å². The maximum absolute atomic E-state index is 12.8. The van der Waals surface area contributed by atoms with Crippen LogP contribution in [0.1, 0.15) is 26.3 Å². The molecule has 0 saturated heterocycles. The first-order valence-corrected chi connectivity index (χ1v) is 9.77. The molecule has 0 aromatic heterocycles. The summed E-state index contributed by atoms with van der Waals surface area (Å²) in [6.07, 6.45) is -0.724. The number of nitrogens with one attached hydrogen (secondary N) is 2. The van der Waals surface area contributed by atoms with Crippen molar-refractivity contribution in [3.05, 3.63) is 64.1 Å². The van der Waals surface area contributed by atoms with Crippen LogP contribution >= 0.6 is 23.2 Å². The Labute approximate surface area is 180 Å². The van der Waals surface area contributed by atoms with Crippen molar-refractivity contribution in [1.82, 2.24) is 5.32 Å². The fourth-order valence-electron chi connectivity index (χ4n) is 2.32. The zero-order valence-electron chi connectivity index (χ0n) is 16.5.